The van der Waals surface area contributed by atoms with Gasteiger partial charge in [0.15, 0.2) is 0 Å². The van der Waals surface area contributed by atoms with Gasteiger partial charge in [0.1, 0.15) is 0 Å². The summed E-state index contributed by atoms with van der Waals surface area (Å²) in [5.74, 6) is -1.23. The largest absolute Gasteiger partial charge is 0.393 e. The Bertz CT molecular complexity index is 448. The van der Waals surface area contributed by atoms with Gasteiger partial charge < -0.3 is 10.2 Å². The molecule has 0 radical (unpaired) electrons. The van der Waals surface area contributed by atoms with Gasteiger partial charge in [-0.15, -0.1) is 0 Å². The molecule has 1 N–H and O–H groups in total. The highest BCUT2D eigenvalue weighted by Crippen LogP contribution is 2.35. The molecule has 1 saturated heterocycles. The van der Waals surface area contributed by atoms with E-state index in [1.807, 2.05) is 11.0 Å². The first-order valence-corrected chi connectivity index (χ1v) is 7.47. The molecular formula is C15H22F3N3. The van der Waals surface area contributed by atoms with Crippen molar-refractivity contribution in [2.24, 2.45) is 5.92 Å². The minimum atomic E-state index is -4.11. The molecule has 0 aliphatic carbocycles. The van der Waals surface area contributed by atoms with Crippen LogP contribution < -0.4 is 10.2 Å². The van der Waals surface area contributed by atoms with Crippen LogP contribution in [-0.2, 0) is 6.54 Å². The van der Waals surface area contributed by atoms with E-state index in [2.05, 4.69) is 17.2 Å². The van der Waals surface area contributed by atoms with Crippen LogP contribution in [0.3, 0.4) is 0 Å². The summed E-state index contributed by atoms with van der Waals surface area (Å²) < 4.78 is 38.8. The van der Waals surface area contributed by atoms with Crippen LogP contribution in [0.2, 0.25) is 0 Å². The molecule has 3 nitrogen and oxygen atoms in total. The molecule has 2 heterocycles. The third-order valence-electron chi connectivity index (χ3n) is 3.85. The number of rotatable bonds is 5. The van der Waals surface area contributed by atoms with Gasteiger partial charge in [0.25, 0.3) is 0 Å². The van der Waals surface area contributed by atoms with E-state index in [0.717, 1.165) is 24.2 Å². The third-order valence-corrected chi connectivity index (χ3v) is 3.85. The van der Waals surface area contributed by atoms with Crippen LogP contribution in [0, 0.1) is 5.92 Å². The van der Waals surface area contributed by atoms with Crippen molar-refractivity contribution in [2.75, 3.05) is 24.5 Å². The van der Waals surface area contributed by atoms with Crippen LogP contribution in [0.25, 0.3) is 0 Å². The fraction of sp³-hybridized carbons (Fsp3) is 0.667. The van der Waals surface area contributed by atoms with Crippen LogP contribution in [0.4, 0.5) is 18.9 Å². The Morgan fingerprint density at radius 3 is 2.95 bits per heavy atom. The van der Waals surface area contributed by atoms with Gasteiger partial charge in [0.05, 0.1) is 17.8 Å². The van der Waals surface area contributed by atoms with E-state index in [0.29, 0.717) is 19.5 Å². The second-order valence-corrected chi connectivity index (χ2v) is 5.51. The topological polar surface area (TPSA) is 28.2 Å². The van der Waals surface area contributed by atoms with Gasteiger partial charge in [-0.05, 0) is 37.4 Å². The Balaban J connectivity index is 2.10. The second kappa shape index (κ2) is 7.11. The predicted molar refractivity (Wildman–Crippen MR) is 77.2 cm³/mol. The maximum absolute atomic E-state index is 12.9. The Hall–Kier alpha value is -1.30. The fourth-order valence-electron chi connectivity index (χ4n) is 2.71. The summed E-state index contributed by atoms with van der Waals surface area (Å²) in [6.45, 7) is 4.35. The summed E-state index contributed by atoms with van der Waals surface area (Å²) in [6, 6.07) is 1.88. The molecule has 2 rings (SSSR count). The lowest BCUT2D eigenvalue weighted by Crippen LogP contribution is -2.42. The monoisotopic (exact) mass is 301 g/mol. The van der Waals surface area contributed by atoms with Crippen molar-refractivity contribution in [2.45, 2.75) is 38.9 Å². The lowest BCUT2D eigenvalue weighted by Gasteiger charge is -2.36. The van der Waals surface area contributed by atoms with Crippen molar-refractivity contribution < 1.29 is 13.2 Å². The number of aromatic nitrogens is 1. The Labute approximate surface area is 123 Å². The van der Waals surface area contributed by atoms with Gasteiger partial charge in [0.2, 0.25) is 0 Å². The first kappa shape index (κ1) is 16.1. The molecule has 1 aromatic rings. The Morgan fingerprint density at radius 1 is 1.43 bits per heavy atom. The lowest BCUT2D eigenvalue weighted by molar-refractivity contribution is -0.176. The molecule has 1 fully saturated rings. The fourth-order valence-corrected chi connectivity index (χ4v) is 2.71. The maximum atomic E-state index is 12.9. The summed E-state index contributed by atoms with van der Waals surface area (Å²) >= 11 is 0. The van der Waals surface area contributed by atoms with Gasteiger partial charge in [0, 0.05) is 25.8 Å². The van der Waals surface area contributed by atoms with Gasteiger partial charge in [-0.1, -0.05) is 6.92 Å². The van der Waals surface area contributed by atoms with Crippen LogP contribution in [-0.4, -0.2) is 30.8 Å². The summed E-state index contributed by atoms with van der Waals surface area (Å²) in [6.07, 6.45) is 1.09. The highest BCUT2D eigenvalue weighted by atomic mass is 19.4. The number of nitrogens with zero attached hydrogens (tertiary/aromatic N) is 2. The summed E-state index contributed by atoms with van der Waals surface area (Å²) in [4.78, 5) is 5.92. The second-order valence-electron chi connectivity index (χ2n) is 5.51. The van der Waals surface area contributed by atoms with E-state index < -0.39 is 12.1 Å². The number of nitrogens with one attached hydrogen (secondary N) is 1. The molecule has 0 spiro atoms. The van der Waals surface area contributed by atoms with Crippen LogP contribution >= 0.6 is 0 Å². The standard InChI is InChI=1S/C15H22F3N3/c1-2-6-19-9-12-5-7-20-10-14(12)21-8-3-4-13(11-21)15(16,17)18/h5,7,10,13,19H,2-4,6,8-9,11H2,1H3. The molecule has 1 atom stereocenters. The average Bonchev–Trinajstić information content (AvgIpc) is 2.47. The zero-order valence-corrected chi connectivity index (χ0v) is 12.3. The summed E-state index contributed by atoms with van der Waals surface area (Å²) in [5.41, 5.74) is 1.84. The number of hydrogen-bond donors (Lipinski definition) is 1. The highest BCUT2D eigenvalue weighted by Gasteiger charge is 2.42. The van der Waals surface area contributed by atoms with Crippen molar-refractivity contribution in [1.29, 1.82) is 0 Å². The van der Waals surface area contributed by atoms with E-state index in [1.54, 1.807) is 12.4 Å². The van der Waals surface area contributed by atoms with E-state index in [9.17, 15) is 13.2 Å². The number of alkyl halides is 3. The Morgan fingerprint density at radius 2 is 2.24 bits per heavy atom. The van der Waals surface area contributed by atoms with Gasteiger partial charge in [-0.25, -0.2) is 0 Å². The maximum Gasteiger partial charge on any atom is 0.393 e. The van der Waals surface area contributed by atoms with E-state index in [-0.39, 0.29) is 13.0 Å². The first-order valence-electron chi connectivity index (χ1n) is 7.47. The van der Waals surface area contributed by atoms with Crippen LogP contribution in [0.15, 0.2) is 18.5 Å². The van der Waals surface area contributed by atoms with Crippen molar-refractivity contribution in [3.63, 3.8) is 0 Å². The molecule has 0 amide bonds. The normalized spacial score (nSPS) is 19.8. The van der Waals surface area contributed by atoms with Crippen molar-refractivity contribution in [3.8, 4) is 0 Å². The zero-order chi connectivity index (χ0) is 15.3. The summed E-state index contributed by atoms with van der Waals surface area (Å²) in [5, 5.41) is 3.30. The number of pyridine rings is 1. The first-order chi connectivity index (χ1) is 10.0. The predicted octanol–water partition coefficient (Wildman–Crippen LogP) is 3.36. The zero-order valence-electron chi connectivity index (χ0n) is 12.3. The molecule has 118 valence electrons. The molecule has 0 aromatic carbocycles. The van der Waals surface area contributed by atoms with E-state index in [4.69, 9.17) is 0 Å². The van der Waals surface area contributed by atoms with Crippen LogP contribution in [0.5, 0.6) is 0 Å². The SMILES string of the molecule is CCCNCc1ccncc1N1CCCC(C(F)(F)F)C1. The molecule has 1 aromatic heterocycles. The molecule has 6 heteroatoms. The molecule has 21 heavy (non-hydrogen) atoms. The Kier molecular flexibility index (Phi) is 5.45. The summed E-state index contributed by atoms with van der Waals surface area (Å²) in [7, 11) is 0. The quantitative estimate of drug-likeness (QED) is 0.845. The average molecular weight is 301 g/mol. The number of anilines is 1. The molecule has 1 aliphatic heterocycles. The minimum Gasteiger partial charge on any atom is -0.369 e. The minimum absolute atomic E-state index is 0.0377. The van der Waals surface area contributed by atoms with E-state index >= 15 is 0 Å². The van der Waals surface area contributed by atoms with Crippen molar-refractivity contribution in [1.82, 2.24) is 10.3 Å². The van der Waals surface area contributed by atoms with Gasteiger partial charge in [-0.2, -0.15) is 13.2 Å². The molecule has 0 saturated carbocycles. The van der Waals surface area contributed by atoms with Gasteiger partial charge >= 0.3 is 6.18 Å². The lowest BCUT2D eigenvalue weighted by atomic mass is 9.96. The van der Waals surface area contributed by atoms with Crippen LogP contribution in [0.1, 0.15) is 31.7 Å². The number of hydrogen-bond acceptors (Lipinski definition) is 3. The smallest absolute Gasteiger partial charge is 0.369 e. The van der Waals surface area contributed by atoms with Crippen molar-refractivity contribution >= 4 is 5.69 Å². The number of halogens is 3. The highest BCUT2D eigenvalue weighted by molar-refractivity contribution is 5.52. The van der Waals surface area contributed by atoms with Crippen molar-refractivity contribution in [3.05, 3.63) is 24.0 Å². The van der Waals surface area contributed by atoms with Gasteiger partial charge in [-0.3, -0.25) is 4.98 Å². The number of piperidine rings is 1. The molecule has 0 bridgehead atoms. The van der Waals surface area contributed by atoms with E-state index in [1.165, 1.54) is 0 Å². The molecular weight excluding hydrogens is 279 g/mol. The third kappa shape index (κ3) is 4.33. The molecule has 1 aliphatic rings. The molecule has 1 unspecified atom stereocenters.